The number of guanidine groups is 1. The van der Waals surface area contributed by atoms with Crippen LogP contribution >= 0.6 is 24.0 Å². The zero-order chi connectivity index (χ0) is 18.9. The van der Waals surface area contributed by atoms with Crippen molar-refractivity contribution in [2.24, 2.45) is 4.99 Å². The minimum atomic E-state index is -4.42. The minimum absolute atomic E-state index is 0. The summed E-state index contributed by atoms with van der Waals surface area (Å²) in [6.07, 6.45) is -9.10. The predicted molar refractivity (Wildman–Crippen MR) is 99.6 cm³/mol. The summed E-state index contributed by atoms with van der Waals surface area (Å²) in [5, 5.41) is 5.77. The summed E-state index contributed by atoms with van der Waals surface area (Å²) in [7, 11) is 0. The molecule has 0 fully saturated rings. The molecule has 0 unspecified atom stereocenters. The van der Waals surface area contributed by atoms with Crippen LogP contribution in [-0.4, -0.2) is 25.2 Å². The average molecular weight is 497 g/mol. The lowest BCUT2D eigenvalue weighted by molar-refractivity contribution is -0.137. The van der Waals surface area contributed by atoms with Crippen molar-refractivity contribution in [2.75, 3.05) is 13.1 Å². The van der Waals surface area contributed by atoms with Crippen molar-refractivity contribution in [1.82, 2.24) is 10.6 Å². The first-order valence-corrected chi connectivity index (χ1v) is 7.87. The van der Waals surface area contributed by atoms with Gasteiger partial charge in [-0.2, -0.15) is 26.3 Å². The summed E-state index contributed by atoms with van der Waals surface area (Å²) in [5.74, 6) is 0.354. The molecule has 1 rings (SSSR count). The van der Waals surface area contributed by atoms with Gasteiger partial charge in [0.1, 0.15) is 0 Å². The summed E-state index contributed by atoms with van der Waals surface area (Å²) in [6, 6.07) is 4.85. The molecule has 0 saturated carbocycles. The van der Waals surface area contributed by atoms with Crippen LogP contribution in [0.1, 0.15) is 37.3 Å². The normalized spacial score (nSPS) is 12.5. The van der Waals surface area contributed by atoms with E-state index in [9.17, 15) is 26.3 Å². The van der Waals surface area contributed by atoms with Gasteiger partial charge >= 0.3 is 12.4 Å². The Balaban J connectivity index is 0.00000625. The van der Waals surface area contributed by atoms with E-state index in [0.717, 1.165) is 12.1 Å². The number of unbranched alkanes of at least 4 members (excludes halogenated alkanes) is 1. The molecular weight excluding hydrogens is 475 g/mol. The van der Waals surface area contributed by atoms with Crippen LogP contribution in [0.4, 0.5) is 26.3 Å². The molecule has 0 saturated heterocycles. The minimum Gasteiger partial charge on any atom is -0.357 e. The Bertz CT molecular complexity index is 558. The molecule has 0 atom stereocenters. The molecule has 0 spiro atoms. The largest absolute Gasteiger partial charge is 0.416 e. The van der Waals surface area contributed by atoms with Gasteiger partial charge in [0.05, 0.1) is 12.1 Å². The van der Waals surface area contributed by atoms with Gasteiger partial charge in [0.2, 0.25) is 0 Å². The van der Waals surface area contributed by atoms with E-state index in [1.165, 1.54) is 12.1 Å². The van der Waals surface area contributed by atoms with Gasteiger partial charge in [0.25, 0.3) is 0 Å². The molecule has 150 valence electrons. The van der Waals surface area contributed by atoms with Crippen molar-refractivity contribution in [3.8, 4) is 0 Å². The zero-order valence-electron chi connectivity index (χ0n) is 14.2. The van der Waals surface area contributed by atoms with E-state index in [1.807, 2.05) is 6.92 Å². The van der Waals surface area contributed by atoms with Crippen LogP contribution in [0.25, 0.3) is 0 Å². The average Bonchev–Trinajstić information content (AvgIpc) is 2.50. The molecule has 3 nitrogen and oxygen atoms in total. The number of nitrogens with one attached hydrogen (secondary N) is 2. The van der Waals surface area contributed by atoms with E-state index in [1.54, 1.807) is 0 Å². The highest BCUT2D eigenvalue weighted by Crippen LogP contribution is 2.29. The number of aliphatic imine (C=N–C) groups is 1. The maximum Gasteiger partial charge on any atom is 0.416 e. The Kier molecular flexibility index (Phi) is 11.0. The predicted octanol–water partition coefficient (Wildman–Crippen LogP) is 5.11. The summed E-state index contributed by atoms with van der Waals surface area (Å²) < 4.78 is 74.2. The molecule has 0 aliphatic heterocycles. The third-order valence-electron chi connectivity index (χ3n) is 3.20. The topological polar surface area (TPSA) is 36.4 Å². The summed E-state index contributed by atoms with van der Waals surface area (Å²) >= 11 is 0. The van der Waals surface area contributed by atoms with E-state index in [0.29, 0.717) is 31.0 Å². The van der Waals surface area contributed by atoms with Gasteiger partial charge in [-0.15, -0.1) is 24.0 Å². The zero-order valence-corrected chi connectivity index (χ0v) is 16.5. The molecule has 26 heavy (non-hydrogen) atoms. The number of hydrogen-bond donors (Lipinski definition) is 2. The van der Waals surface area contributed by atoms with E-state index in [4.69, 9.17) is 0 Å². The van der Waals surface area contributed by atoms with E-state index in [2.05, 4.69) is 15.6 Å². The van der Waals surface area contributed by atoms with Crippen LogP contribution in [0.5, 0.6) is 0 Å². The van der Waals surface area contributed by atoms with Crippen molar-refractivity contribution in [3.05, 3.63) is 35.4 Å². The molecule has 1 aromatic carbocycles. The van der Waals surface area contributed by atoms with Gasteiger partial charge in [-0.05, 0) is 37.5 Å². The number of nitrogens with zero attached hydrogens (tertiary/aromatic N) is 1. The van der Waals surface area contributed by atoms with E-state index < -0.39 is 24.3 Å². The smallest absolute Gasteiger partial charge is 0.357 e. The van der Waals surface area contributed by atoms with Crippen LogP contribution in [0.3, 0.4) is 0 Å². The highest BCUT2D eigenvalue weighted by molar-refractivity contribution is 14.0. The maximum atomic E-state index is 12.7. The van der Waals surface area contributed by atoms with E-state index in [-0.39, 0.29) is 36.9 Å². The van der Waals surface area contributed by atoms with Crippen molar-refractivity contribution < 1.29 is 26.3 Å². The van der Waals surface area contributed by atoms with Crippen LogP contribution in [0, 0.1) is 0 Å². The van der Waals surface area contributed by atoms with Crippen LogP contribution in [-0.2, 0) is 12.7 Å². The second-order valence-electron chi connectivity index (χ2n) is 5.39. The Morgan fingerprint density at radius 3 is 2.31 bits per heavy atom. The monoisotopic (exact) mass is 497 g/mol. The third kappa shape index (κ3) is 10.7. The van der Waals surface area contributed by atoms with Crippen LogP contribution in [0.2, 0.25) is 0 Å². The highest BCUT2D eigenvalue weighted by Gasteiger charge is 2.30. The van der Waals surface area contributed by atoms with Gasteiger partial charge in [-0.1, -0.05) is 12.1 Å². The van der Waals surface area contributed by atoms with Gasteiger partial charge < -0.3 is 10.6 Å². The number of benzene rings is 1. The lowest BCUT2D eigenvalue weighted by atomic mass is 10.1. The Hall–Kier alpha value is -1.20. The fraction of sp³-hybridized carbons (Fsp3) is 0.562. The first-order valence-electron chi connectivity index (χ1n) is 7.87. The van der Waals surface area contributed by atoms with Crippen molar-refractivity contribution in [1.29, 1.82) is 0 Å². The maximum absolute atomic E-state index is 12.7. The number of hydrogen-bond acceptors (Lipinski definition) is 1. The fourth-order valence-electron chi connectivity index (χ4n) is 2.02. The van der Waals surface area contributed by atoms with Gasteiger partial charge in [0.15, 0.2) is 5.96 Å². The number of halogens is 7. The lowest BCUT2D eigenvalue weighted by Gasteiger charge is -2.12. The summed E-state index contributed by atoms with van der Waals surface area (Å²) in [6.45, 7) is 2.66. The molecule has 2 N–H and O–H groups in total. The number of rotatable bonds is 7. The molecule has 0 aliphatic carbocycles. The van der Waals surface area contributed by atoms with Crippen LogP contribution in [0.15, 0.2) is 29.3 Å². The molecule has 0 bridgehead atoms. The highest BCUT2D eigenvalue weighted by atomic mass is 127. The molecule has 0 aromatic heterocycles. The van der Waals surface area contributed by atoms with Crippen LogP contribution < -0.4 is 10.6 Å². The third-order valence-corrected chi connectivity index (χ3v) is 3.20. The molecule has 10 heteroatoms. The molecule has 0 aliphatic rings. The first kappa shape index (κ1) is 24.8. The summed E-state index contributed by atoms with van der Waals surface area (Å²) in [4.78, 5) is 4.16. The standard InChI is InChI=1S/C16H21F6N3.HI/c1-2-23-14(24-9-4-3-8-15(17,18)19)25-11-12-6-5-7-13(10-12)16(20,21)22;/h5-7,10H,2-4,8-9,11H2,1H3,(H2,23,24,25);1H. The summed E-state index contributed by atoms with van der Waals surface area (Å²) in [5.41, 5.74) is -0.352. The second-order valence-corrected chi connectivity index (χ2v) is 5.39. The van der Waals surface area contributed by atoms with Crippen molar-refractivity contribution >= 4 is 29.9 Å². The molecule has 1 aromatic rings. The van der Waals surface area contributed by atoms with Gasteiger partial charge in [-0.25, -0.2) is 4.99 Å². The second kappa shape index (κ2) is 11.5. The molecule has 0 radical (unpaired) electrons. The lowest BCUT2D eigenvalue weighted by Crippen LogP contribution is -2.37. The fourth-order valence-corrected chi connectivity index (χ4v) is 2.02. The van der Waals surface area contributed by atoms with Gasteiger partial charge in [0, 0.05) is 19.5 Å². The number of alkyl halides is 6. The Morgan fingerprint density at radius 1 is 1.04 bits per heavy atom. The van der Waals surface area contributed by atoms with E-state index >= 15 is 0 Å². The Labute approximate surface area is 165 Å². The SMILES string of the molecule is CCNC(=NCc1cccc(C(F)(F)F)c1)NCCCCC(F)(F)F.I. The molecule has 0 amide bonds. The molecule has 0 heterocycles. The van der Waals surface area contributed by atoms with Crippen molar-refractivity contribution in [2.45, 2.75) is 45.1 Å². The van der Waals surface area contributed by atoms with Gasteiger partial charge in [-0.3, -0.25) is 0 Å². The quantitative estimate of drug-likeness (QED) is 0.181. The Morgan fingerprint density at radius 2 is 1.73 bits per heavy atom. The van der Waals surface area contributed by atoms with Crippen molar-refractivity contribution in [3.63, 3.8) is 0 Å². The first-order chi connectivity index (χ1) is 11.6. The molecular formula is C16H22F6IN3.